The summed E-state index contributed by atoms with van der Waals surface area (Å²) >= 11 is 1.09. The normalized spacial score (nSPS) is 15.2. The van der Waals surface area contributed by atoms with Crippen LogP contribution in [-0.4, -0.2) is 26.3 Å². The highest BCUT2D eigenvalue weighted by Gasteiger charge is 2.23. The average Bonchev–Trinajstić information content (AvgIpc) is 3.10. The van der Waals surface area contributed by atoms with Crippen LogP contribution in [0.3, 0.4) is 0 Å². The predicted octanol–water partition coefficient (Wildman–Crippen LogP) is 1.94. The Morgan fingerprint density at radius 3 is 2.80 bits per heavy atom. The van der Waals surface area contributed by atoms with Crippen LogP contribution in [0.15, 0.2) is 39.9 Å². The minimum Gasteiger partial charge on any atom is -0.326 e. The van der Waals surface area contributed by atoms with E-state index in [0.717, 1.165) is 22.6 Å². The lowest BCUT2D eigenvalue weighted by molar-refractivity contribution is -0.117. The Kier molecular flexibility index (Phi) is 4.89. The van der Waals surface area contributed by atoms with E-state index in [4.69, 9.17) is 0 Å². The van der Waals surface area contributed by atoms with Gasteiger partial charge in [0.1, 0.15) is 4.21 Å². The van der Waals surface area contributed by atoms with Crippen molar-refractivity contribution < 1.29 is 18.0 Å². The van der Waals surface area contributed by atoms with E-state index in [-0.39, 0.29) is 10.1 Å². The Hall–Kier alpha value is -2.23. The molecular weight excluding hydrogens is 362 g/mol. The van der Waals surface area contributed by atoms with Crippen molar-refractivity contribution in [3.8, 4) is 0 Å². The topological polar surface area (TPSA) is 104 Å². The first-order chi connectivity index (χ1) is 11.8. The summed E-state index contributed by atoms with van der Waals surface area (Å²) in [4.78, 5) is 23.6. The van der Waals surface area contributed by atoms with E-state index >= 15 is 0 Å². The Labute approximate surface area is 149 Å². The van der Waals surface area contributed by atoms with Gasteiger partial charge in [-0.15, -0.1) is 11.3 Å². The Morgan fingerprint density at radius 2 is 2.08 bits per heavy atom. The number of anilines is 2. The SMILES string of the molecule is CC(NS(=O)(=O)c1cccs1)C(=O)Nc1ccc2c(c1)CCC(=O)N2. The zero-order valence-electron chi connectivity index (χ0n) is 13.4. The van der Waals surface area contributed by atoms with Crippen LogP contribution in [0.1, 0.15) is 18.9 Å². The smallest absolute Gasteiger partial charge is 0.250 e. The molecule has 0 radical (unpaired) electrons. The molecule has 7 nitrogen and oxygen atoms in total. The molecule has 2 heterocycles. The van der Waals surface area contributed by atoms with E-state index in [0.29, 0.717) is 18.5 Å². The second-order valence-electron chi connectivity index (χ2n) is 5.68. The number of carbonyl (C=O) groups is 2. The molecule has 25 heavy (non-hydrogen) atoms. The first kappa shape index (κ1) is 17.6. The molecule has 0 fully saturated rings. The highest BCUT2D eigenvalue weighted by molar-refractivity contribution is 7.91. The van der Waals surface area contributed by atoms with Gasteiger partial charge in [-0.1, -0.05) is 6.07 Å². The molecule has 0 aliphatic carbocycles. The number of hydrogen-bond acceptors (Lipinski definition) is 5. The lowest BCUT2D eigenvalue weighted by Crippen LogP contribution is -2.41. The number of fused-ring (bicyclic) bond motifs is 1. The molecule has 0 saturated carbocycles. The van der Waals surface area contributed by atoms with Crippen LogP contribution in [0.25, 0.3) is 0 Å². The zero-order chi connectivity index (χ0) is 18.0. The Bertz CT molecular complexity index is 907. The fourth-order valence-corrected chi connectivity index (χ4v) is 4.68. The average molecular weight is 379 g/mol. The number of sulfonamides is 1. The van der Waals surface area contributed by atoms with E-state index in [9.17, 15) is 18.0 Å². The molecular formula is C16H17N3O4S2. The lowest BCUT2D eigenvalue weighted by Gasteiger charge is -2.18. The minimum atomic E-state index is -3.71. The van der Waals surface area contributed by atoms with Crippen LogP contribution >= 0.6 is 11.3 Å². The standard InChI is InChI=1S/C16H17N3O4S2/c1-10(19-25(22,23)15-3-2-8-24-15)16(21)17-12-5-6-13-11(9-12)4-7-14(20)18-13/h2-3,5-6,8-10,19H,4,7H2,1H3,(H,17,21)(H,18,20). The molecule has 1 atom stereocenters. The van der Waals surface area contributed by atoms with Gasteiger partial charge in [-0.25, -0.2) is 8.42 Å². The maximum absolute atomic E-state index is 12.3. The first-order valence-corrected chi connectivity index (χ1v) is 10.0. The van der Waals surface area contributed by atoms with Gasteiger partial charge in [0.2, 0.25) is 11.8 Å². The van der Waals surface area contributed by atoms with Gasteiger partial charge in [0.15, 0.2) is 0 Å². The predicted molar refractivity (Wildman–Crippen MR) is 96.1 cm³/mol. The molecule has 0 bridgehead atoms. The molecule has 9 heteroatoms. The molecule has 1 aliphatic heterocycles. The highest BCUT2D eigenvalue weighted by Crippen LogP contribution is 2.25. The number of rotatable bonds is 5. The van der Waals surface area contributed by atoms with Crippen molar-refractivity contribution in [1.29, 1.82) is 0 Å². The number of aryl methyl sites for hydroxylation is 1. The maximum atomic E-state index is 12.3. The molecule has 1 unspecified atom stereocenters. The van der Waals surface area contributed by atoms with Crippen LogP contribution in [0.4, 0.5) is 11.4 Å². The van der Waals surface area contributed by atoms with Gasteiger partial charge < -0.3 is 10.6 Å². The van der Waals surface area contributed by atoms with Crippen molar-refractivity contribution in [3.05, 3.63) is 41.3 Å². The number of benzene rings is 1. The lowest BCUT2D eigenvalue weighted by atomic mass is 10.0. The molecule has 3 N–H and O–H groups in total. The van der Waals surface area contributed by atoms with Crippen molar-refractivity contribution in [1.82, 2.24) is 4.72 Å². The summed E-state index contributed by atoms with van der Waals surface area (Å²) in [7, 11) is -3.71. The fourth-order valence-electron chi connectivity index (χ4n) is 2.47. The summed E-state index contributed by atoms with van der Waals surface area (Å²) in [5.41, 5.74) is 2.23. The van der Waals surface area contributed by atoms with Gasteiger partial charge in [-0.3, -0.25) is 9.59 Å². The fraction of sp³-hybridized carbons (Fsp3) is 0.250. The largest absolute Gasteiger partial charge is 0.326 e. The summed E-state index contributed by atoms with van der Waals surface area (Å²) in [6.07, 6.45) is 1.01. The third-order valence-electron chi connectivity index (χ3n) is 3.75. The molecule has 3 rings (SSSR count). The first-order valence-electron chi connectivity index (χ1n) is 7.64. The summed E-state index contributed by atoms with van der Waals surface area (Å²) in [5, 5.41) is 7.12. The zero-order valence-corrected chi connectivity index (χ0v) is 15.0. The Balaban J connectivity index is 1.67. The molecule has 0 saturated heterocycles. The van der Waals surface area contributed by atoms with Gasteiger partial charge in [0.05, 0.1) is 6.04 Å². The van der Waals surface area contributed by atoms with Gasteiger partial charge in [-0.05, 0) is 48.6 Å². The summed E-state index contributed by atoms with van der Waals surface area (Å²) in [5.74, 6) is -0.485. The molecule has 1 aromatic carbocycles. The number of amides is 2. The summed E-state index contributed by atoms with van der Waals surface area (Å²) < 4.78 is 26.8. The van der Waals surface area contributed by atoms with Crippen LogP contribution in [-0.2, 0) is 26.0 Å². The van der Waals surface area contributed by atoms with Crippen LogP contribution in [0.5, 0.6) is 0 Å². The molecule has 2 aromatic rings. The van der Waals surface area contributed by atoms with Crippen molar-refractivity contribution in [2.45, 2.75) is 30.0 Å². The number of nitrogens with one attached hydrogen (secondary N) is 3. The number of carbonyl (C=O) groups excluding carboxylic acids is 2. The van der Waals surface area contributed by atoms with E-state index in [1.165, 1.54) is 13.0 Å². The van der Waals surface area contributed by atoms with Crippen LogP contribution < -0.4 is 15.4 Å². The quantitative estimate of drug-likeness (QED) is 0.738. The molecule has 1 aromatic heterocycles. The highest BCUT2D eigenvalue weighted by atomic mass is 32.2. The van der Waals surface area contributed by atoms with Gasteiger partial charge >= 0.3 is 0 Å². The third-order valence-corrected chi connectivity index (χ3v) is 6.69. The third kappa shape index (κ3) is 4.06. The second kappa shape index (κ2) is 6.95. The van der Waals surface area contributed by atoms with Gasteiger partial charge in [0, 0.05) is 17.8 Å². The van der Waals surface area contributed by atoms with E-state index in [1.807, 2.05) is 0 Å². The van der Waals surface area contributed by atoms with Crippen molar-refractivity contribution in [2.75, 3.05) is 10.6 Å². The number of thiophene rings is 1. The molecule has 132 valence electrons. The van der Waals surface area contributed by atoms with E-state index in [2.05, 4.69) is 15.4 Å². The number of hydrogen-bond donors (Lipinski definition) is 3. The van der Waals surface area contributed by atoms with Crippen molar-refractivity contribution in [3.63, 3.8) is 0 Å². The van der Waals surface area contributed by atoms with Crippen LogP contribution in [0.2, 0.25) is 0 Å². The molecule has 0 spiro atoms. The van der Waals surface area contributed by atoms with Crippen LogP contribution in [0, 0.1) is 0 Å². The summed E-state index contributed by atoms with van der Waals surface area (Å²) in [6.45, 7) is 1.49. The Morgan fingerprint density at radius 1 is 1.28 bits per heavy atom. The van der Waals surface area contributed by atoms with Crippen molar-refractivity contribution >= 4 is 44.5 Å². The molecule has 2 amide bonds. The summed E-state index contributed by atoms with van der Waals surface area (Å²) in [6, 6.07) is 7.37. The molecule has 1 aliphatic rings. The van der Waals surface area contributed by atoms with E-state index < -0.39 is 22.0 Å². The maximum Gasteiger partial charge on any atom is 0.250 e. The second-order valence-corrected chi connectivity index (χ2v) is 8.57. The monoisotopic (exact) mass is 379 g/mol. The van der Waals surface area contributed by atoms with E-state index in [1.54, 1.807) is 29.6 Å². The van der Waals surface area contributed by atoms with Gasteiger partial charge in [-0.2, -0.15) is 4.72 Å². The van der Waals surface area contributed by atoms with Crippen molar-refractivity contribution in [2.24, 2.45) is 0 Å². The van der Waals surface area contributed by atoms with Gasteiger partial charge in [0.25, 0.3) is 10.0 Å². The minimum absolute atomic E-state index is 0.0270.